The van der Waals surface area contributed by atoms with Crippen molar-refractivity contribution in [1.29, 1.82) is 0 Å². The Morgan fingerprint density at radius 1 is 0.808 bits per heavy atom. The lowest BCUT2D eigenvalue weighted by molar-refractivity contribution is -0.136. The maximum atomic E-state index is 13.6. The molecule has 0 saturated carbocycles. The van der Waals surface area contributed by atoms with E-state index in [0.29, 0.717) is 31.6 Å². The molecule has 0 spiro atoms. The second-order valence-electron chi connectivity index (χ2n) is 15.0. The molecule has 1 aromatic rings. The van der Waals surface area contributed by atoms with Crippen LogP contribution in [0.1, 0.15) is 105 Å². The second-order valence-corrected chi connectivity index (χ2v) is 15.0. The third-order valence-corrected chi connectivity index (χ3v) is 8.65. The Morgan fingerprint density at radius 2 is 1.46 bits per heavy atom. The van der Waals surface area contributed by atoms with Crippen molar-refractivity contribution < 1.29 is 33.5 Å². The smallest absolute Gasteiger partial charge is 0.407 e. The summed E-state index contributed by atoms with van der Waals surface area (Å²) in [5.41, 5.74) is 6.71. The van der Waals surface area contributed by atoms with E-state index in [1.54, 1.807) is 24.3 Å². The zero-order valence-electron chi connectivity index (χ0n) is 31.8. The largest absolute Gasteiger partial charge is 0.445 e. The molecule has 14 nitrogen and oxygen atoms in total. The summed E-state index contributed by atoms with van der Waals surface area (Å²) in [4.78, 5) is 75.0. The van der Waals surface area contributed by atoms with Crippen molar-refractivity contribution in [2.75, 3.05) is 25.0 Å². The van der Waals surface area contributed by atoms with E-state index in [4.69, 9.17) is 10.5 Å². The van der Waals surface area contributed by atoms with Crippen LogP contribution in [0.3, 0.4) is 0 Å². The van der Waals surface area contributed by atoms with Crippen molar-refractivity contribution >= 4 is 41.4 Å². The van der Waals surface area contributed by atoms with E-state index in [9.17, 15) is 28.8 Å². The standard InChI is InChI=1S/C38H61N7O7/c1-26(2)33(42-27(3)13-8-7-11-24-45-31(46)19-20-32(45)47)35(49)44-30(14-12-23-40-36(39)50)34(48)43-29-17-15-28(16-18-29)25-52-37(51)41-22-10-9-21-38(4,5)6/h15-20,26-27,30,33,42H,7-14,21-25H2,1-6H3,(H,41,51)(H,43,48)(H,44,49)(H3,39,40,50)/t27?,30-,33-/m0/s1. The number of hydrogen-bond acceptors (Lipinski definition) is 8. The van der Waals surface area contributed by atoms with Crippen LogP contribution in [0.4, 0.5) is 15.3 Å². The van der Waals surface area contributed by atoms with Crippen molar-refractivity contribution in [2.24, 2.45) is 17.1 Å². The number of anilines is 1. The summed E-state index contributed by atoms with van der Waals surface area (Å²) in [6.07, 6.45) is 8.88. The number of imide groups is 1. The van der Waals surface area contributed by atoms with Gasteiger partial charge in [-0.2, -0.15) is 0 Å². The zero-order valence-corrected chi connectivity index (χ0v) is 31.8. The van der Waals surface area contributed by atoms with Gasteiger partial charge in [0, 0.05) is 43.5 Å². The molecule has 1 heterocycles. The Bertz CT molecular complexity index is 1340. The molecule has 14 heteroatoms. The van der Waals surface area contributed by atoms with Crippen LogP contribution >= 0.6 is 0 Å². The van der Waals surface area contributed by atoms with E-state index in [2.05, 4.69) is 47.4 Å². The van der Waals surface area contributed by atoms with E-state index in [0.717, 1.165) is 44.1 Å². The van der Waals surface area contributed by atoms with Crippen LogP contribution in [0, 0.1) is 11.3 Å². The molecule has 52 heavy (non-hydrogen) atoms. The molecule has 290 valence electrons. The summed E-state index contributed by atoms with van der Waals surface area (Å²) in [6, 6.07) is 4.77. The Morgan fingerprint density at radius 3 is 2.08 bits per heavy atom. The highest BCUT2D eigenvalue weighted by atomic mass is 16.5. The maximum Gasteiger partial charge on any atom is 0.407 e. The molecule has 1 aromatic carbocycles. The van der Waals surface area contributed by atoms with E-state index >= 15 is 0 Å². The van der Waals surface area contributed by atoms with Gasteiger partial charge in [0.1, 0.15) is 12.6 Å². The van der Waals surface area contributed by atoms with Gasteiger partial charge in [0.25, 0.3) is 11.8 Å². The first-order valence-electron chi connectivity index (χ1n) is 18.5. The van der Waals surface area contributed by atoms with Crippen LogP contribution in [-0.4, -0.2) is 78.4 Å². The highest BCUT2D eigenvalue weighted by molar-refractivity contribution is 6.12. The highest BCUT2D eigenvalue weighted by Gasteiger charge is 2.29. The van der Waals surface area contributed by atoms with Gasteiger partial charge in [0.05, 0.1) is 6.04 Å². The quantitative estimate of drug-likeness (QED) is 0.0699. The predicted octanol–water partition coefficient (Wildman–Crippen LogP) is 4.49. The number of primary amides is 1. The summed E-state index contributed by atoms with van der Waals surface area (Å²) in [7, 11) is 0. The lowest BCUT2D eigenvalue weighted by Crippen LogP contribution is -2.55. The van der Waals surface area contributed by atoms with Crippen LogP contribution in [0.15, 0.2) is 36.4 Å². The van der Waals surface area contributed by atoms with Crippen LogP contribution in [0.5, 0.6) is 0 Å². The van der Waals surface area contributed by atoms with Crippen molar-refractivity contribution in [3.63, 3.8) is 0 Å². The Kier molecular flexibility index (Phi) is 18.9. The molecule has 0 fully saturated rings. The number of urea groups is 1. The highest BCUT2D eigenvalue weighted by Crippen LogP contribution is 2.21. The number of unbranched alkanes of at least 4 members (excludes halogenated alkanes) is 3. The average molecular weight is 728 g/mol. The maximum absolute atomic E-state index is 13.6. The molecule has 0 bridgehead atoms. The molecule has 2 rings (SSSR count). The lowest BCUT2D eigenvalue weighted by atomic mass is 9.90. The molecular weight excluding hydrogens is 666 g/mol. The number of hydrogen-bond donors (Lipinski definition) is 6. The number of carbonyl (C=O) groups is 6. The van der Waals surface area contributed by atoms with Crippen LogP contribution in [0.2, 0.25) is 0 Å². The Hall–Kier alpha value is -4.46. The monoisotopic (exact) mass is 727 g/mol. The van der Waals surface area contributed by atoms with Crippen molar-refractivity contribution in [2.45, 2.75) is 124 Å². The van der Waals surface area contributed by atoms with Crippen molar-refractivity contribution in [3.8, 4) is 0 Å². The number of benzene rings is 1. The van der Waals surface area contributed by atoms with Gasteiger partial charge >= 0.3 is 12.1 Å². The van der Waals surface area contributed by atoms with E-state index in [-0.39, 0.29) is 54.7 Å². The van der Waals surface area contributed by atoms with Gasteiger partial charge in [-0.3, -0.25) is 24.1 Å². The lowest BCUT2D eigenvalue weighted by Gasteiger charge is -2.28. The fourth-order valence-electron chi connectivity index (χ4n) is 5.64. The first-order chi connectivity index (χ1) is 24.6. The summed E-state index contributed by atoms with van der Waals surface area (Å²) in [6.45, 7) is 13.7. The summed E-state index contributed by atoms with van der Waals surface area (Å²) < 4.78 is 5.32. The number of nitrogens with one attached hydrogen (secondary N) is 5. The summed E-state index contributed by atoms with van der Waals surface area (Å²) in [5, 5.41) is 14.4. The number of alkyl carbamates (subject to hydrolysis) is 1. The first kappa shape index (κ1) is 43.7. The van der Waals surface area contributed by atoms with Gasteiger partial charge in [-0.15, -0.1) is 0 Å². The molecule has 3 atom stereocenters. The average Bonchev–Trinajstić information content (AvgIpc) is 3.39. The van der Waals surface area contributed by atoms with Gasteiger partial charge in [0.2, 0.25) is 11.8 Å². The Balaban J connectivity index is 1.89. The molecule has 1 unspecified atom stereocenters. The normalized spacial score (nSPS) is 14.6. The minimum absolute atomic E-state index is 0.00564. The SMILES string of the molecule is CC(CCCCCN1C(=O)C=CC1=O)N[C@H](C(=O)N[C@@H](CCCNC(N)=O)C(=O)Nc1ccc(COC(=O)NCCCCC(C)(C)C)cc1)C(C)C. The van der Waals surface area contributed by atoms with E-state index in [1.165, 1.54) is 17.1 Å². The molecular formula is C38H61N7O7. The van der Waals surface area contributed by atoms with Gasteiger partial charge in [-0.05, 0) is 74.5 Å². The van der Waals surface area contributed by atoms with E-state index < -0.39 is 30.1 Å². The number of nitrogens with two attached hydrogens (primary N) is 1. The number of nitrogens with zero attached hydrogens (tertiary/aromatic N) is 1. The van der Waals surface area contributed by atoms with Crippen LogP contribution < -0.4 is 32.3 Å². The number of ether oxygens (including phenoxy) is 1. The van der Waals surface area contributed by atoms with Crippen LogP contribution in [-0.2, 0) is 30.5 Å². The molecule has 0 aliphatic carbocycles. The number of carbonyl (C=O) groups excluding carboxylic acids is 6. The van der Waals surface area contributed by atoms with Gasteiger partial charge in [0.15, 0.2) is 0 Å². The third-order valence-electron chi connectivity index (χ3n) is 8.65. The van der Waals surface area contributed by atoms with Gasteiger partial charge in [-0.25, -0.2) is 9.59 Å². The first-order valence-corrected chi connectivity index (χ1v) is 18.5. The second kappa shape index (κ2) is 22.5. The fraction of sp³-hybridized carbons (Fsp3) is 0.632. The Labute approximate surface area is 308 Å². The summed E-state index contributed by atoms with van der Waals surface area (Å²) in [5.74, 6) is -1.36. The third kappa shape index (κ3) is 17.7. The fourth-order valence-corrected chi connectivity index (χ4v) is 5.64. The van der Waals surface area contributed by atoms with Gasteiger partial charge in [-0.1, -0.05) is 66.0 Å². The molecule has 0 saturated heterocycles. The number of amides is 7. The minimum atomic E-state index is -0.888. The summed E-state index contributed by atoms with van der Waals surface area (Å²) >= 11 is 0. The van der Waals surface area contributed by atoms with Crippen molar-refractivity contribution in [3.05, 3.63) is 42.0 Å². The predicted molar refractivity (Wildman–Crippen MR) is 201 cm³/mol. The number of rotatable bonds is 23. The molecule has 0 aromatic heterocycles. The van der Waals surface area contributed by atoms with Crippen LogP contribution in [0.25, 0.3) is 0 Å². The molecule has 1 aliphatic rings. The molecule has 0 radical (unpaired) electrons. The molecule has 7 amide bonds. The topological polar surface area (TPSA) is 201 Å². The van der Waals surface area contributed by atoms with Gasteiger partial charge < -0.3 is 37.1 Å². The van der Waals surface area contributed by atoms with Crippen molar-refractivity contribution in [1.82, 2.24) is 26.2 Å². The molecule has 1 aliphatic heterocycles. The molecule has 7 N–H and O–H groups in total. The zero-order chi connectivity index (χ0) is 38.7. The minimum Gasteiger partial charge on any atom is -0.445 e. The van der Waals surface area contributed by atoms with E-state index in [1.807, 2.05) is 20.8 Å².